The molecule has 4 rings (SSSR count). The molecule has 1 aliphatic rings. The number of imidazole rings is 1. The van der Waals surface area contributed by atoms with E-state index in [1.165, 1.54) is 11.1 Å². The second-order valence-electron chi connectivity index (χ2n) is 6.22. The van der Waals surface area contributed by atoms with Gasteiger partial charge in [-0.25, -0.2) is 4.98 Å². The Labute approximate surface area is 136 Å². The first-order chi connectivity index (χ1) is 11.4. The number of piperazine rings is 1. The maximum Gasteiger partial charge on any atom is 0.137 e. The number of pyridine rings is 1. The zero-order chi connectivity index (χ0) is 15.5. The monoisotopic (exact) mass is 306 g/mol. The summed E-state index contributed by atoms with van der Waals surface area (Å²) >= 11 is 0. The van der Waals surface area contributed by atoms with Gasteiger partial charge in [-0.15, -0.1) is 0 Å². The van der Waals surface area contributed by atoms with Crippen LogP contribution in [0.5, 0.6) is 0 Å². The highest BCUT2D eigenvalue weighted by Gasteiger charge is 2.10. The van der Waals surface area contributed by atoms with E-state index >= 15 is 0 Å². The molecule has 0 aliphatic carbocycles. The van der Waals surface area contributed by atoms with Gasteiger partial charge < -0.3 is 9.72 Å². The Balaban J connectivity index is 1.52. The van der Waals surface area contributed by atoms with Gasteiger partial charge in [0.2, 0.25) is 0 Å². The second kappa shape index (κ2) is 6.52. The van der Waals surface area contributed by atoms with E-state index in [4.69, 9.17) is 4.98 Å². The molecule has 2 aromatic heterocycles. The van der Waals surface area contributed by atoms with Crippen LogP contribution in [0.1, 0.15) is 16.8 Å². The quantitative estimate of drug-likeness (QED) is 0.803. The number of rotatable bonds is 4. The third kappa shape index (κ3) is 3.44. The van der Waals surface area contributed by atoms with Gasteiger partial charge in [0, 0.05) is 51.5 Å². The van der Waals surface area contributed by atoms with E-state index < -0.39 is 0 Å². The number of hydrogen-bond acceptors (Lipinski definition) is 3. The smallest absolute Gasteiger partial charge is 0.137 e. The number of benzene rings is 1. The minimum atomic E-state index is 0.885. The Morgan fingerprint density at radius 2 is 1.83 bits per heavy atom. The third-order valence-corrected chi connectivity index (χ3v) is 4.42. The van der Waals surface area contributed by atoms with Crippen molar-refractivity contribution in [2.75, 3.05) is 26.2 Å². The van der Waals surface area contributed by atoms with Crippen molar-refractivity contribution in [2.24, 2.45) is 0 Å². The molecule has 1 aromatic carbocycles. The second-order valence-corrected chi connectivity index (χ2v) is 6.22. The van der Waals surface area contributed by atoms with Gasteiger partial charge in [-0.1, -0.05) is 30.3 Å². The van der Waals surface area contributed by atoms with E-state index in [1.54, 1.807) is 0 Å². The molecule has 1 aliphatic heterocycles. The van der Waals surface area contributed by atoms with Crippen LogP contribution in [-0.4, -0.2) is 40.5 Å². The fourth-order valence-corrected chi connectivity index (χ4v) is 3.19. The third-order valence-electron chi connectivity index (χ3n) is 4.42. The lowest BCUT2D eigenvalue weighted by Gasteiger charge is -2.27. The van der Waals surface area contributed by atoms with Crippen LogP contribution < -0.4 is 5.32 Å². The van der Waals surface area contributed by atoms with Gasteiger partial charge in [0.1, 0.15) is 5.65 Å². The Bertz CT molecular complexity index is 772. The van der Waals surface area contributed by atoms with Gasteiger partial charge >= 0.3 is 0 Å². The largest absolute Gasteiger partial charge is 0.314 e. The molecule has 0 atom stereocenters. The fourth-order valence-electron chi connectivity index (χ4n) is 3.19. The summed E-state index contributed by atoms with van der Waals surface area (Å²) in [4.78, 5) is 7.29. The SMILES string of the molecule is c1ccc(Cc2cn3ccc(CN4CCNCC4)cc3n2)cc1. The first kappa shape index (κ1) is 14.4. The lowest BCUT2D eigenvalue weighted by molar-refractivity contribution is 0.233. The van der Waals surface area contributed by atoms with Crippen LogP contribution in [0.25, 0.3) is 5.65 Å². The van der Waals surface area contributed by atoms with Crippen molar-refractivity contribution in [1.29, 1.82) is 0 Å². The number of hydrogen-bond donors (Lipinski definition) is 1. The summed E-state index contributed by atoms with van der Waals surface area (Å²) in [7, 11) is 0. The van der Waals surface area contributed by atoms with Crippen LogP contribution in [0.15, 0.2) is 54.9 Å². The molecule has 1 fully saturated rings. The molecule has 0 unspecified atom stereocenters. The van der Waals surface area contributed by atoms with Gasteiger partial charge in [-0.05, 0) is 23.3 Å². The zero-order valence-electron chi connectivity index (χ0n) is 13.3. The first-order valence-corrected chi connectivity index (χ1v) is 8.30. The Kier molecular flexibility index (Phi) is 4.09. The molecule has 0 bridgehead atoms. The summed E-state index contributed by atoms with van der Waals surface area (Å²) in [5.74, 6) is 0. The Hall–Kier alpha value is -2.17. The molecule has 1 N–H and O–H groups in total. The maximum atomic E-state index is 4.79. The summed E-state index contributed by atoms with van der Waals surface area (Å²) in [6, 6.07) is 14.9. The summed E-state index contributed by atoms with van der Waals surface area (Å²) < 4.78 is 2.12. The van der Waals surface area contributed by atoms with E-state index in [2.05, 4.69) is 69.5 Å². The molecule has 4 nitrogen and oxygen atoms in total. The van der Waals surface area contributed by atoms with Crippen molar-refractivity contribution in [1.82, 2.24) is 19.6 Å². The predicted octanol–water partition coefficient (Wildman–Crippen LogP) is 2.33. The molecule has 3 heterocycles. The molecule has 0 amide bonds. The molecule has 0 saturated carbocycles. The molecule has 0 radical (unpaired) electrons. The normalized spacial score (nSPS) is 16.0. The van der Waals surface area contributed by atoms with Crippen LogP contribution in [0.4, 0.5) is 0 Å². The number of nitrogens with zero attached hydrogens (tertiary/aromatic N) is 3. The fraction of sp³-hybridized carbons (Fsp3) is 0.316. The van der Waals surface area contributed by atoms with Gasteiger partial charge in [-0.2, -0.15) is 0 Å². The van der Waals surface area contributed by atoms with E-state index in [1.807, 2.05) is 0 Å². The molecule has 3 aromatic rings. The van der Waals surface area contributed by atoms with E-state index in [0.717, 1.165) is 50.5 Å². The van der Waals surface area contributed by atoms with Crippen molar-refractivity contribution < 1.29 is 0 Å². The molecule has 4 heteroatoms. The molecule has 118 valence electrons. The number of fused-ring (bicyclic) bond motifs is 1. The summed E-state index contributed by atoms with van der Waals surface area (Å²) in [5.41, 5.74) is 4.81. The summed E-state index contributed by atoms with van der Waals surface area (Å²) in [6.45, 7) is 5.44. The highest BCUT2D eigenvalue weighted by Crippen LogP contribution is 2.13. The van der Waals surface area contributed by atoms with Crippen LogP contribution in [-0.2, 0) is 13.0 Å². The zero-order valence-corrected chi connectivity index (χ0v) is 13.3. The van der Waals surface area contributed by atoms with Gasteiger partial charge in [-0.3, -0.25) is 4.90 Å². The van der Waals surface area contributed by atoms with Crippen molar-refractivity contribution >= 4 is 5.65 Å². The minimum absolute atomic E-state index is 0.885. The average Bonchev–Trinajstić information content (AvgIpc) is 2.98. The van der Waals surface area contributed by atoms with Gasteiger partial charge in [0.05, 0.1) is 5.69 Å². The lowest BCUT2D eigenvalue weighted by atomic mass is 10.1. The first-order valence-electron chi connectivity index (χ1n) is 8.30. The summed E-state index contributed by atoms with van der Waals surface area (Å²) in [5, 5.41) is 3.40. The number of nitrogens with one attached hydrogen (secondary N) is 1. The van der Waals surface area contributed by atoms with E-state index in [9.17, 15) is 0 Å². The topological polar surface area (TPSA) is 32.6 Å². The Morgan fingerprint density at radius 1 is 1.00 bits per heavy atom. The summed E-state index contributed by atoms with van der Waals surface area (Å²) in [6.07, 6.45) is 5.15. The standard InChI is InChI=1S/C19H22N4/c1-2-4-16(5-3-1)12-18-15-23-9-6-17(13-19(23)21-18)14-22-10-7-20-8-11-22/h1-6,9,13,15,20H,7-8,10-12,14H2. The molecule has 1 saturated heterocycles. The average molecular weight is 306 g/mol. The van der Waals surface area contributed by atoms with Crippen molar-refractivity contribution in [3.8, 4) is 0 Å². The van der Waals surface area contributed by atoms with Crippen LogP contribution in [0.3, 0.4) is 0 Å². The molecular weight excluding hydrogens is 284 g/mol. The van der Waals surface area contributed by atoms with Gasteiger partial charge in [0.15, 0.2) is 0 Å². The number of aromatic nitrogens is 2. The van der Waals surface area contributed by atoms with Crippen LogP contribution >= 0.6 is 0 Å². The van der Waals surface area contributed by atoms with Crippen LogP contribution in [0.2, 0.25) is 0 Å². The molecular formula is C19H22N4. The predicted molar refractivity (Wildman–Crippen MR) is 92.6 cm³/mol. The molecule has 0 spiro atoms. The van der Waals surface area contributed by atoms with Crippen molar-refractivity contribution in [3.05, 3.63) is 71.7 Å². The Morgan fingerprint density at radius 3 is 2.65 bits per heavy atom. The maximum absolute atomic E-state index is 4.79. The highest BCUT2D eigenvalue weighted by molar-refractivity contribution is 5.43. The lowest BCUT2D eigenvalue weighted by Crippen LogP contribution is -2.42. The molecule has 23 heavy (non-hydrogen) atoms. The highest BCUT2D eigenvalue weighted by atomic mass is 15.2. The minimum Gasteiger partial charge on any atom is -0.314 e. The van der Waals surface area contributed by atoms with Crippen LogP contribution in [0, 0.1) is 0 Å². The van der Waals surface area contributed by atoms with E-state index in [0.29, 0.717) is 0 Å². The van der Waals surface area contributed by atoms with E-state index in [-0.39, 0.29) is 0 Å². The van der Waals surface area contributed by atoms with Crippen molar-refractivity contribution in [3.63, 3.8) is 0 Å². The van der Waals surface area contributed by atoms with Crippen molar-refractivity contribution in [2.45, 2.75) is 13.0 Å². The van der Waals surface area contributed by atoms with Gasteiger partial charge in [0.25, 0.3) is 0 Å².